The van der Waals surface area contributed by atoms with Crippen molar-refractivity contribution in [3.8, 4) is 0 Å². The first-order valence-electron chi connectivity index (χ1n) is 12.6. The van der Waals surface area contributed by atoms with Crippen LogP contribution in [0.4, 0.5) is 10.1 Å². The van der Waals surface area contributed by atoms with E-state index in [4.69, 9.17) is 11.6 Å². The molecular formula is C29H33ClFN3O4S. The molecule has 2 atom stereocenters. The molecule has 0 radical (unpaired) electrons. The van der Waals surface area contributed by atoms with Crippen molar-refractivity contribution in [2.75, 3.05) is 10.8 Å². The van der Waals surface area contributed by atoms with Gasteiger partial charge in [-0.1, -0.05) is 61.0 Å². The van der Waals surface area contributed by atoms with Crippen LogP contribution in [-0.4, -0.2) is 43.8 Å². The number of hydrogen-bond donors (Lipinski definition) is 1. The summed E-state index contributed by atoms with van der Waals surface area (Å²) in [5.41, 5.74) is 1.12. The molecule has 3 aromatic rings. The average Bonchev–Trinajstić information content (AvgIpc) is 2.92. The molecule has 0 aromatic heterocycles. The largest absolute Gasteiger partial charge is 0.352 e. The van der Waals surface area contributed by atoms with Crippen LogP contribution in [0, 0.1) is 12.7 Å². The SMILES string of the molecule is CCC(C)NC(=O)C(C)N(Cc1ccccc1F)C(=O)CN(c1ccc(C)c(Cl)c1)S(=O)(=O)c1ccccc1. The lowest BCUT2D eigenvalue weighted by molar-refractivity contribution is -0.139. The zero-order chi connectivity index (χ0) is 28.7. The monoisotopic (exact) mass is 573 g/mol. The van der Waals surface area contributed by atoms with E-state index in [-0.39, 0.29) is 28.7 Å². The second-order valence-electron chi connectivity index (χ2n) is 9.37. The normalized spacial score (nSPS) is 12.9. The predicted molar refractivity (Wildman–Crippen MR) is 151 cm³/mol. The molecular weight excluding hydrogens is 541 g/mol. The molecule has 2 amide bonds. The topological polar surface area (TPSA) is 86.8 Å². The first kappa shape index (κ1) is 30.1. The Hall–Kier alpha value is -3.43. The molecule has 0 saturated carbocycles. The first-order valence-corrected chi connectivity index (χ1v) is 14.4. The van der Waals surface area contributed by atoms with Crippen molar-refractivity contribution in [3.63, 3.8) is 0 Å². The van der Waals surface area contributed by atoms with Crippen molar-refractivity contribution in [1.29, 1.82) is 0 Å². The van der Waals surface area contributed by atoms with Gasteiger partial charge in [0, 0.05) is 23.2 Å². The number of halogens is 2. The van der Waals surface area contributed by atoms with E-state index in [9.17, 15) is 22.4 Å². The Morgan fingerprint density at radius 2 is 1.64 bits per heavy atom. The van der Waals surface area contributed by atoms with Crippen molar-refractivity contribution < 1.29 is 22.4 Å². The van der Waals surface area contributed by atoms with Crippen LogP contribution in [0.25, 0.3) is 0 Å². The van der Waals surface area contributed by atoms with Gasteiger partial charge in [-0.3, -0.25) is 13.9 Å². The molecule has 0 heterocycles. The standard InChI is InChI=1S/C29H33ClFN3O4S/c1-5-21(3)32-29(36)22(4)33(18-23-11-9-10-14-27(23)31)28(35)19-34(24-16-15-20(2)26(30)17-24)39(37,38)25-12-7-6-8-13-25/h6-17,21-22H,5,18-19H2,1-4H3,(H,32,36). The summed E-state index contributed by atoms with van der Waals surface area (Å²) in [6, 6.07) is 17.2. The summed E-state index contributed by atoms with van der Waals surface area (Å²) < 4.78 is 43.1. The quantitative estimate of drug-likeness (QED) is 0.337. The summed E-state index contributed by atoms with van der Waals surface area (Å²) in [4.78, 5) is 28.1. The molecule has 10 heteroatoms. The van der Waals surface area contributed by atoms with Gasteiger partial charge in [-0.2, -0.15) is 0 Å². The lowest BCUT2D eigenvalue weighted by Gasteiger charge is -2.32. The fourth-order valence-corrected chi connectivity index (χ4v) is 5.45. The minimum absolute atomic E-state index is 0.0160. The van der Waals surface area contributed by atoms with Crippen LogP contribution in [0.3, 0.4) is 0 Å². The van der Waals surface area contributed by atoms with Crippen molar-refractivity contribution in [3.05, 3.63) is 94.8 Å². The highest BCUT2D eigenvalue weighted by atomic mass is 35.5. The molecule has 0 fully saturated rings. The lowest BCUT2D eigenvalue weighted by Crippen LogP contribution is -2.52. The number of nitrogens with one attached hydrogen (secondary N) is 1. The van der Waals surface area contributed by atoms with E-state index >= 15 is 0 Å². The molecule has 0 saturated heterocycles. The van der Waals surface area contributed by atoms with Gasteiger partial charge in [0.15, 0.2) is 0 Å². The van der Waals surface area contributed by atoms with Gasteiger partial charge in [0.25, 0.3) is 10.0 Å². The zero-order valence-electron chi connectivity index (χ0n) is 22.4. The maximum absolute atomic E-state index is 14.6. The van der Waals surface area contributed by atoms with Gasteiger partial charge in [0.1, 0.15) is 18.4 Å². The van der Waals surface area contributed by atoms with Gasteiger partial charge in [-0.15, -0.1) is 0 Å². The Balaban J connectivity index is 2.05. The van der Waals surface area contributed by atoms with Crippen LogP contribution in [-0.2, 0) is 26.2 Å². The fraction of sp³-hybridized carbons (Fsp3) is 0.310. The maximum atomic E-state index is 14.6. The highest BCUT2D eigenvalue weighted by Crippen LogP contribution is 2.28. The third-order valence-electron chi connectivity index (χ3n) is 6.52. The Labute approximate surface area is 234 Å². The summed E-state index contributed by atoms with van der Waals surface area (Å²) in [7, 11) is -4.21. The van der Waals surface area contributed by atoms with Crippen molar-refractivity contribution in [2.45, 2.75) is 57.6 Å². The van der Waals surface area contributed by atoms with E-state index in [1.54, 1.807) is 43.3 Å². The summed E-state index contributed by atoms with van der Waals surface area (Å²) in [6.45, 7) is 6.20. The second kappa shape index (κ2) is 13.1. The van der Waals surface area contributed by atoms with Gasteiger partial charge in [-0.25, -0.2) is 12.8 Å². The van der Waals surface area contributed by atoms with Gasteiger partial charge >= 0.3 is 0 Å². The number of hydrogen-bond acceptors (Lipinski definition) is 4. The Bertz CT molecular complexity index is 1420. The highest BCUT2D eigenvalue weighted by molar-refractivity contribution is 7.92. The fourth-order valence-electron chi connectivity index (χ4n) is 3.84. The third-order valence-corrected chi connectivity index (χ3v) is 8.72. The second-order valence-corrected chi connectivity index (χ2v) is 11.6. The number of rotatable bonds is 11. The van der Waals surface area contributed by atoms with Crippen LogP contribution in [0.2, 0.25) is 5.02 Å². The maximum Gasteiger partial charge on any atom is 0.264 e. The zero-order valence-corrected chi connectivity index (χ0v) is 24.0. The van der Waals surface area contributed by atoms with Crippen LogP contribution in [0.1, 0.15) is 38.3 Å². The van der Waals surface area contributed by atoms with Crippen molar-refractivity contribution >= 4 is 39.1 Å². The number of carbonyl (C=O) groups excluding carboxylic acids is 2. The Morgan fingerprint density at radius 3 is 2.26 bits per heavy atom. The van der Waals surface area contributed by atoms with Gasteiger partial charge in [0.05, 0.1) is 10.6 Å². The predicted octanol–water partition coefficient (Wildman–Crippen LogP) is 5.31. The third kappa shape index (κ3) is 7.36. The molecule has 0 spiro atoms. The number of nitrogens with zero attached hydrogens (tertiary/aromatic N) is 2. The first-order chi connectivity index (χ1) is 18.4. The molecule has 208 valence electrons. The Morgan fingerprint density at radius 1 is 1.00 bits per heavy atom. The number of sulfonamides is 1. The van der Waals surface area contributed by atoms with Crippen molar-refractivity contribution in [1.82, 2.24) is 10.2 Å². The van der Waals surface area contributed by atoms with E-state index in [0.29, 0.717) is 11.4 Å². The Kier molecular flexibility index (Phi) is 10.1. The van der Waals surface area contributed by atoms with Crippen molar-refractivity contribution in [2.24, 2.45) is 0 Å². The molecule has 0 bridgehead atoms. The number of benzene rings is 3. The smallest absolute Gasteiger partial charge is 0.264 e. The van der Waals surface area contributed by atoms with Gasteiger partial charge in [-0.05, 0) is 63.1 Å². The number of amides is 2. The summed E-state index contributed by atoms with van der Waals surface area (Å²) in [5, 5.41) is 3.18. The van der Waals surface area contributed by atoms with Crippen LogP contribution in [0.15, 0.2) is 77.7 Å². The molecule has 39 heavy (non-hydrogen) atoms. The minimum atomic E-state index is -4.21. The van der Waals surface area contributed by atoms with Crippen LogP contribution < -0.4 is 9.62 Å². The number of aryl methyl sites for hydroxylation is 1. The molecule has 1 N–H and O–H groups in total. The minimum Gasteiger partial charge on any atom is -0.352 e. The molecule has 0 aliphatic carbocycles. The lowest BCUT2D eigenvalue weighted by atomic mass is 10.1. The van der Waals surface area contributed by atoms with E-state index in [1.165, 1.54) is 48.2 Å². The average molecular weight is 574 g/mol. The molecule has 2 unspecified atom stereocenters. The van der Waals surface area contributed by atoms with Crippen LogP contribution in [0.5, 0.6) is 0 Å². The molecule has 0 aliphatic rings. The van der Waals surface area contributed by atoms with Gasteiger partial charge < -0.3 is 10.2 Å². The van der Waals surface area contributed by atoms with E-state index in [0.717, 1.165) is 9.87 Å². The molecule has 3 aromatic carbocycles. The highest BCUT2D eigenvalue weighted by Gasteiger charge is 2.33. The molecule has 0 aliphatic heterocycles. The van der Waals surface area contributed by atoms with E-state index in [2.05, 4.69) is 5.32 Å². The summed E-state index contributed by atoms with van der Waals surface area (Å²) >= 11 is 6.32. The summed E-state index contributed by atoms with van der Waals surface area (Å²) in [5.74, 6) is -1.64. The number of carbonyl (C=O) groups is 2. The van der Waals surface area contributed by atoms with E-state index < -0.39 is 40.2 Å². The molecule has 3 rings (SSSR count). The molecule has 7 nitrogen and oxygen atoms in total. The number of anilines is 1. The summed E-state index contributed by atoms with van der Waals surface area (Å²) in [6.07, 6.45) is 0.678. The van der Waals surface area contributed by atoms with Crippen LogP contribution >= 0.6 is 11.6 Å². The van der Waals surface area contributed by atoms with E-state index in [1.807, 2.05) is 13.8 Å². The van der Waals surface area contributed by atoms with Gasteiger partial charge in [0.2, 0.25) is 11.8 Å².